The molecule has 0 radical (unpaired) electrons. The van der Waals surface area contributed by atoms with Gasteiger partial charge in [-0.1, -0.05) is 0 Å². The number of imidazole rings is 1. The SMILES string of the molecule is NCCc1nccn1C1CCC1. The van der Waals surface area contributed by atoms with E-state index in [4.69, 9.17) is 5.73 Å². The zero-order chi connectivity index (χ0) is 8.39. The van der Waals surface area contributed by atoms with Crippen molar-refractivity contribution in [1.29, 1.82) is 0 Å². The van der Waals surface area contributed by atoms with E-state index in [-0.39, 0.29) is 0 Å². The fourth-order valence-electron chi connectivity index (χ4n) is 1.66. The minimum absolute atomic E-state index is 0.698. The number of hydrogen-bond acceptors (Lipinski definition) is 2. The largest absolute Gasteiger partial charge is 0.332 e. The summed E-state index contributed by atoms with van der Waals surface area (Å²) in [5.41, 5.74) is 5.49. The third-order valence-electron chi connectivity index (χ3n) is 2.58. The molecule has 1 fully saturated rings. The average Bonchev–Trinajstić information content (AvgIpc) is 2.35. The average molecular weight is 165 g/mol. The van der Waals surface area contributed by atoms with E-state index < -0.39 is 0 Å². The van der Waals surface area contributed by atoms with Crippen LogP contribution in [0.25, 0.3) is 0 Å². The van der Waals surface area contributed by atoms with Crippen LogP contribution < -0.4 is 5.73 Å². The summed E-state index contributed by atoms with van der Waals surface area (Å²) in [6, 6.07) is 0.717. The lowest BCUT2D eigenvalue weighted by Gasteiger charge is -2.28. The van der Waals surface area contributed by atoms with Gasteiger partial charge in [-0.15, -0.1) is 0 Å². The third kappa shape index (κ3) is 1.25. The van der Waals surface area contributed by atoms with E-state index in [2.05, 4.69) is 15.7 Å². The Balaban J connectivity index is 2.12. The highest BCUT2D eigenvalue weighted by Crippen LogP contribution is 2.32. The van der Waals surface area contributed by atoms with E-state index in [1.807, 2.05) is 6.20 Å². The first-order chi connectivity index (χ1) is 5.92. The van der Waals surface area contributed by atoms with Gasteiger partial charge in [-0.2, -0.15) is 0 Å². The maximum absolute atomic E-state index is 5.49. The molecule has 2 N–H and O–H groups in total. The standard InChI is InChI=1S/C9H15N3/c10-5-4-9-11-6-7-12(9)8-2-1-3-8/h6-8H,1-5,10H2. The number of rotatable bonds is 3. The summed E-state index contributed by atoms with van der Waals surface area (Å²) in [6.07, 6.45) is 8.86. The predicted molar refractivity (Wildman–Crippen MR) is 47.9 cm³/mol. The predicted octanol–water partition coefficient (Wildman–Crippen LogP) is 1.11. The van der Waals surface area contributed by atoms with Gasteiger partial charge in [-0.25, -0.2) is 4.98 Å². The monoisotopic (exact) mass is 165 g/mol. The van der Waals surface area contributed by atoms with Crippen molar-refractivity contribution in [2.24, 2.45) is 5.73 Å². The summed E-state index contributed by atoms with van der Waals surface area (Å²) in [4.78, 5) is 4.29. The van der Waals surface area contributed by atoms with Crippen LogP contribution in [0.4, 0.5) is 0 Å². The second-order valence-corrected chi connectivity index (χ2v) is 3.37. The van der Waals surface area contributed by atoms with Crippen LogP contribution in [-0.4, -0.2) is 16.1 Å². The van der Waals surface area contributed by atoms with Crippen LogP contribution in [0, 0.1) is 0 Å². The first-order valence-electron chi connectivity index (χ1n) is 4.63. The molecule has 0 atom stereocenters. The van der Waals surface area contributed by atoms with Crippen LogP contribution in [0.1, 0.15) is 31.1 Å². The van der Waals surface area contributed by atoms with Crippen LogP contribution in [0.3, 0.4) is 0 Å². The normalized spacial score (nSPS) is 17.8. The summed E-state index contributed by atoms with van der Waals surface area (Å²) in [6.45, 7) is 0.698. The van der Waals surface area contributed by atoms with Crippen LogP contribution in [0.2, 0.25) is 0 Å². The Labute approximate surface area is 72.6 Å². The Kier molecular flexibility index (Phi) is 2.13. The third-order valence-corrected chi connectivity index (χ3v) is 2.58. The Hall–Kier alpha value is -0.830. The van der Waals surface area contributed by atoms with E-state index in [1.54, 1.807) is 0 Å². The molecular formula is C9H15N3. The fourth-order valence-corrected chi connectivity index (χ4v) is 1.66. The van der Waals surface area contributed by atoms with Crippen molar-refractivity contribution in [3.63, 3.8) is 0 Å². The lowest BCUT2D eigenvalue weighted by Crippen LogP contribution is -2.20. The van der Waals surface area contributed by atoms with Gasteiger partial charge in [0.25, 0.3) is 0 Å². The molecule has 1 saturated carbocycles. The molecule has 0 aliphatic heterocycles. The summed E-state index contributed by atoms with van der Waals surface area (Å²) < 4.78 is 2.29. The van der Waals surface area contributed by atoms with Crippen molar-refractivity contribution in [3.05, 3.63) is 18.2 Å². The van der Waals surface area contributed by atoms with Gasteiger partial charge in [0.1, 0.15) is 5.82 Å². The molecule has 0 amide bonds. The highest BCUT2D eigenvalue weighted by atomic mass is 15.1. The number of nitrogens with zero attached hydrogens (tertiary/aromatic N) is 2. The van der Waals surface area contributed by atoms with E-state index in [9.17, 15) is 0 Å². The maximum atomic E-state index is 5.49. The van der Waals surface area contributed by atoms with Crippen molar-refractivity contribution in [3.8, 4) is 0 Å². The second-order valence-electron chi connectivity index (χ2n) is 3.37. The van der Waals surface area contributed by atoms with Crippen LogP contribution >= 0.6 is 0 Å². The lowest BCUT2D eigenvalue weighted by molar-refractivity contribution is 0.306. The number of nitrogens with two attached hydrogens (primary N) is 1. The van der Waals surface area contributed by atoms with Gasteiger partial charge in [0, 0.05) is 24.9 Å². The van der Waals surface area contributed by atoms with E-state index in [0.29, 0.717) is 12.6 Å². The molecule has 0 saturated heterocycles. The van der Waals surface area contributed by atoms with Gasteiger partial charge >= 0.3 is 0 Å². The van der Waals surface area contributed by atoms with Crippen molar-refractivity contribution < 1.29 is 0 Å². The zero-order valence-corrected chi connectivity index (χ0v) is 7.24. The molecule has 1 aliphatic rings. The maximum Gasteiger partial charge on any atom is 0.110 e. The first kappa shape index (κ1) is 7.80. The van der Waals surface area contributed by atoms with Crippen LogP contribution in [0.15, 0.2) is 12.4 Å². The Morgan fingerprint density at radius 2 is 2.42 bits per heavy atom. The van der Waals surface area contributed by atoms with E-state index in [1.165, 1.54) is 19.3 Å². The summed E-state index contributed by atoms with van der Waals surface area (Å²) >= 11 is 0. The van der Waals surface area contributed by atoms with Crippen molar-refractivity contribution in [2.45, 2.75) is 31.7 Å². The quantitative estimate of drug-likeness (QED) is 0.729. The van der Waals surface area contributed by atoms with Gasteiger partial charge in [-0.05, 0) is 25.8 Å². The minimum Gasteiger partial charge on any atom is -0.332 e. The van der Waals surface area contributed by atoms with Gasteiger partial charge < -0.3 is 10.3 Å². The summed E-state index contributed by atoms with van der Waals surface area (Å²) in [7, 11) is 0. The van der Waals surface area contributed by atoms with E-state index >= 15 is 0 Å². The Morgan fingerprint density at radius 1 is 1.58 bits per heavy atom. The zero-order valence-electron chi connectivity index (χ0n) is 7.24. The molecule has 1 heterocycles. The minimum atomic E-state index is 0.698. The van der Waals surface area contributed by atoms with Crippen molar-refractivity contribution in [1.82, 2.24) is 9.55 Å². The number of aromatic nitrogens is 2. The molecule has 0 bridgehead atoms. The lowest BCUT2D eigenvalue weighted by atomic mass is 9.93. The van der Waals surface area contributed by atoms with Gasteiger partial charge in [-0.3, -0.25) is 0 Å². The van der Waals surface area contributed by atoms with Crippen LogP contribution in [0.5, 0.6) is 0 Å². The smallest absolute Gasteiger partial charge is 0.110 e. The summed E-state index contributed by atoms with van der Waals surface area (Å²) in [5.74, 6) is 1.15. The Bertz CT molecular complexity index is 250. The summed E-state index contributed by atoms with van der Waals surface area (Å²) in [5, 5.41) is 0. The molecule has 1 aliphatic carbocycles. The molecule has 0 spiro atoms. The molecule has 2 rings (SSSR count). The molecule has 1 aromatic rings. The van der Waals surface area contributed by atoms with Crippen LogP contribution in [-0.2, 0) is 6.42 Å². The molecular weight excluding hydrogens is 150 g/mol. The number of hydrogen-bond donors (Lipinski definition) is 1. The molecule has 0 aromatic carbocycles. The van der Waals surface area contributed by atoms with Gasteiger partial charge in [0.05, 0.1) is 0 Å². The van der Waals surface area contributed by atoms with Gasteiger partial charge in [0.2, 0.25) is 0 Å². The van der Waals surface area contributed by atoms with Gasteiger partial charge in [0.15, 0.2) is 0 Å². The highest BCUT2D eigenvalue weighted by molar-refractivity contribution is 4.97. The molecule has 12 heavy (non-hydrogen) atoms. The van der Waals surface area contributed by atoms with Crippen molar-refractivity contribution >= 4 is 0 Å². The molecule has 1 aromatic heterocycles. The Morgan fingerprint density at radius 3 is 3.00 bits per heavy atom. The highest BCUT2D eigenvalue weighted by Gasteiger charge is 2.20. The molecule has 66 valence electrons. The molecule has 3 nitrogen and oxygen atoms in total. The molecule has 0 unspecified atom stereocenters. The second kappa shape index (κ2) is 3.27. The first-order valence-corrected chi connectivity index (χ1v) is 4.63. The van der Waals surface area contributed by atoms with Crippen molar-refractivity contribution in [2.75, 3.05) is 6.54 Å². The van der Waals surface area contributed by atoms with E-state index in [0.717, 1.165) is 12.2 Å². The fraction of sp³-hybridized carbons (Fsp3) is 0.667. The molecule has 3 heteroatoms. The topological polar surface area (TPSA) is 43.8 Å².